The van der Waals surface area contributed by atoms with Crippen LogP contribution >= 0.6 is 11.8 Å². The molecule has 0 radical (unpaired) electrons. The summed E-state index contributed by atoms with van der Waals surface area (Å²) in [5, 5.41) is 16.4. The van der Waals surface area contributed by atoms with E-state index in [0.717, 1.165) is 11.4 Å². The lowest BCUT2D eigenvalue weighted by Gasteiger charge is -1.94. The molecule has 0 bridgehead atoms. The van der Waals surface area contributed by atoms with Crippen LogP contribution in [0.3, 0.4) is 0 Å². The monoisotopic (exact) mass is 286 g/mol. The number of anilines is 2. The summed E-state index contributed by atoms with van der Waals surface area (Å²) in [5.74, 6) is -0.703. The highest BCUT2D eigenvalue weighted by Gasteiger charge is 1.98. The first-order chi connectivity index (χ1) is 8.91. The molecule has 0 aliphatic rings. The first kappa shape index (κ1) is 17.1. The zero-order valence-corrected chi connectivity index (χ0v) is 11.2. The third-order valence-corrected chi connectivity index (χ3v) is 2.84. The topological polar surface area (TPSA) is 127 Å². The summed E-state index contributed by atoms with van der Waals surface area (Å²) in [7, 11) is 0. The first-order valence-electron chi connectivity index (χ1n) is 5.54. The molecule has 0 saturated carbocycles. The van der Waals surface area contributed by atoms with Crippen molar-refractivity contribution in [3.05, 3.63) is 24.3 Å². The van der Waals surface area contributed by atoms with Crippen LogP contribution in [0, 0.1) is 0 Å². The molecule has 1 rings (SSSR count). The quantitative estimate of drug-likeness (QED) is 0.461. The molecule has 0 amide bonds. The van der Waals surface area contributed by atoms with Crippen LogP contribution in [0.2, 0.25) is 0 Å². The van der Waals surface area contributed by atoms with Crippen LogP contribution in [-0.2, 0) is 9.59 Å². The number of nitrogens with two attached hydrogens (primary N) is 2. The second-order valence-electron chi connectivity index (χ2n) is 3.57. The number of benzene rings is 1. The molecule has 0 heterocycles. The maximum Gasteiger partial charge on any atom is 0.304 e. The zero-order valence-electron chi connectivity index (χ0n) is 10.4. The normalized spacial score (nSPS) is 9.26. The predicted octanol–water partition coefficient (Wildman–Crippen LogP) is 1.52. The Morgan fingerprint density at radius 2 is 1.21 bits per heavy atom. The largest absolute Gasteiger partial charge is 0.481 e. The van der Waals surface area contributed by atoms with E-state index in [1.165, 1.54) is 11.8 Å². The molecule has 0 aliphatic carbocycles. The van der Waals surface area contributed by atoms with Crippen molar-refractivity contribution in [2.45, 2.75) is 12.8 Å². The van der Waals surface area contributed by atoms with Crippen LogP contribution in [0.1, 0.15) is 12.8 Å². The Bertz CT molecular complexity index is 358. The Balaban J connectivity index is 0.000000356. The van der Waals surface area contributed by atoms with E-state index in [-0.39, 0.29) is 12.8 Å². The molecule has 19 heavy (non-hydrogen) atoms. The molecule has 6 N–H and O–H groups in total. The van der Waals surface area contributed by atoms with Crippen molar-refractivity contribution in [2.24, 2.45) is 0 Å². The van der Waals surface area contributed by atoms with Gasteiger partial charge < -0.3 is 21.7 Å². The number of thioether (sulfide) groups is 1. The van der Waals surface area contributed by atoms with Gasteiger partial charge in [0, 0.05) is 22.9 Å². The lowest BCUT2D eigenvalue weighted by atomic mass is 10.3. The minimum Gasteiger partial charge on any atom is -0.481 e. The van der Waals surface area contributed by atoms with E-state index in [1.54, 1.807) is 24.3 Å². The molecule has 0 aromatic heterocycles. The van der Waals surface area contributed by atoms with Crippen LogP contribution in [0.5, 0.6) is 0 Å². The summed E-state index contributed by atoms with van der Waals surface area (Å²) in [5.41, 5.74) is 12.2. The molecule has 6 nitrogen and oxygen atoms in total. The molecule has 0 unspecified atom stereocenters. The van der Waals surface area contributed by atoms with Crippen LogP contribution in [0.15, 0.2) is 24.3 Å². The van der Waals surface area contributed by atoms with Crippen molar-refractivity contribution in [2.75, 3.05) is 23.0 Å². The van der Waals surface area contributed by atoms with Gasteiger partial charge in [-0.05, 0) is 24.3 Å². The summed E-state index contributed by atoms with van der Waals surface area (Å²) < 4.78 is 0. The summed E-state index contributed by atoms with van der Waals surface area (Å²) >= 11 is 1.35. The minimum absolute atomic E-state index is 0.101. The fraction of sp³-hybridized carbons (Fsp3) is 0.333. The Morgan fingerprint density at radius 1 is 0.895 bits per heavy atom. The zero-order chi connectivity index (χ0) is 14.7. The Morgan fingerprint density at radius 3 is 1.47 bits per heavy atom. The van der Waals surface area contributed by atoms with Gasteiger partial charge in [-0.15, -0.1) is 0 Å². The maximum absolute atomic E-state index is 9.97. The summed E-state index contributed by atoms with van der Waals surface area (Å²) in [6.45, 7) is 0. The van der Waals surface area contributed by atoms with Crippen molar-refractivity contribution in [1.29, 1.82) is 0 Å². The number of rotatable bonds is 6. The number of carboxylic acid groups (broad SMARTS) is 2. The van der Waals surface area contributed by atoms with Crippen molar-refractivity contribution in [3.8, 4) is 0 Å². The van der Waals surface area contributed by atoms with E-state index in [0.29, 0.717) is 11.5 Å². The van der Waals surface area contributed by atoms with Gasteiger partial charge in [0.15, 0.2) is 0 Å². The van der Waals surface area contributed by atoms with Crippen LogP contribution < -0.4 is 11.5 Å². The fourth-order valence-corrected chi connectivity index (χ4v) is 1.76. The highest BCUT2D eigenvalue weighted by atomic mass is 32.2. The van der Waals surface area contributed by atoms with Gasteiger partial charge in [0.1, 0.15) is 0 Å². The smallest absolute Gasteiger partial charge is 0.304 e. The van der Waals surface area contributed by atoms with Gasteiger partial charge in [0.2, 0.25) is 0 Å². The Hall–Kier alpha value is -1.89. The molecule has 0 spiro atoms. The van der Waals surface area contributed by atoms with E-state index in [9.17, 15) is 9.59 Å². The first-order valence-corrected chi connectivity index (χ1v) is 6.69. The van der Waals surface area contributed by atoms with Crippen LogP contribution in [0.4, 0.5) is 11.4 Å². The molecule has 1 aromatic rings. The highest BCUT2D eigenvalue weighted by molar-refractivity contribution is 7.99. The molecule has 0 fully saturated rings. The summed E-state index contributed by atoms with van der Waals surface area (Å²) in [4.78, 5) is 19.9. The standard InChI is InChI=1S/C6H8N2.C6H10O4S/c7-5-1-2-6(8)4-3-5;7-5(8)1-3-11-4-2-6(9)10/h1-4H,7-8H2;1-4H2,(H,7,8)(H,9,10). The molecular weight excluding hydrogens is 268 g/mol. The van der Waals surface area contributed by atoms with Crippen LogP contribution in [-0.4, -0.2) is 33.7 Å². The van der Waals surface area contributed by atoms with Gasteiger partial charge in [-0.25, -0.2) is 0 Å². The molecule has 1 aromatic carbocycles. The Labute approximate surface area is 115 Å². The molecule has 0 atom stereocenters. The Kier molecular flexibility index (Phi) is 9.07. The summed E-state index contributed by atoms with van der Waals surface area (Å²) in [6.07, 6.45) is 0.203. The van der Waals surface area contributed by atoms with Crippen molar-refractivity contribution in [3.63, 3.8) is 0 Å². The van der Waals surface area contributed by atoms with Crippen molar-refractivity contribution in [1.82, 2.24) is 0 Å². The number of nitrogen functional groups attached to an aromatic ring is 2. The molecule has 106 valence electrons. The third-order valence-electron chi connectivity index (χ3n) is 1.86. The maximum atomic E-state index is 9.97. The third kappa shape index (κ3) is 12.4. The number of aliphatic carboxylic acids is 2. The summed E-state index contributed by atoms with van der Waals surface area (Å²) in [6, 6.07) is 7.09. The van der Waals surface area contributed by atoms with Gasteiger partial charge >= 0.3 is 11.9 Å². The lowest BCUT2D eigenvalue weighted by molar-refractivity contribution is -0.137. The van der Waals surface area contributed by atoms with Gasteiger partial charge in [0.05, 0.1) is 12.8 Å². The number of carbonyl (C=O) groups is 2. The minimum atomic E-state index is -0.840. The van der Waals surface area contributed by atoms with Gasteiger partial charge in [-0.2, -0.15) is 11.8 Å². The van der Waals surface area contributed by atoms with Crippen molar-refractivity contribution >= 4 is 35.1 Å². The van der Waals surface area contributed by atoms with E-state index >= 15 is 0 Å². The van der Waals surface area contributed by atoms with Gasteiger partial charge in [0.25, 0.3) is 0 Å². The number of hydrogen-bond donors (Lipinski definition) is 4. The number of carboxylic acids is 2. The lowest BCUT2D eigenvalue weighted by Crippen LogP contribution is -1.99. The van der Waals surface area contributed by atoms with E-state index in [1.807, 2.05) is 0 Å². The highest BCUT2D eigenvalue weighted by Crippen LogP contribution is 2.05. The fourth-order valence-electron chi connectivity index (χ4n) is 0.917. The average molecular weight is 286 g/mol. The van der Waals surface area contributed by atoms with Crippen molar-refractivity contribution < 1.29 is 19.8 Å². The van der Waals surface area contributed by atoms with E-state index in [2.05, 4.69) is 0 Å². The SMILES string of the molecule is Nc1ccc(N)cc1.O=C(O)CCSCCC(=O)O. The van der Waals surface area contributed by atoms with E-state index in [4.69, 9.17) is 21.7 Å². The molecule has 0 saturated heterocycles. The molecular formula is C12H18N2O4S. The number of hydrogen-bond acceptors (Lipinski definition) is 5. The molecule has 0 aliphatic heterocycles. The van der Waals surface area contributed by atoms with Gasteiger partial charge in [-0.3, -0.25) is 9.59 Å². The van der Waals surface area contributed by atoms with E-state index < -0.39 is 11.9 Å². The van der Waals surface area contributed by atoms with Gasteiger partial charge in [-0.1, -0.05) is 0 Å². The second-order valence-corrected chi connectivity index (χ2v) is 4.79. The average Bonchev–Trinajstić information content (AvgIpc) is 2.32. The van der Waals surface area contributed by atoms with Crippen LogP contribution in [0.25, 0.3) is 0 Å². The predicted molar refractivity (Wildman–Crippen MR) is 77.1 cm³/mol. The molecule has 7 heteroatoms. The second kappa shape index (κ2) is 10.1.